The fraction of sp³-hybridized carbons (Fsp3) is 0.632. The third-order valence-electron chi connectivity index (χ3n) is 5.15. The molecular formula is C19H29N3O2. The molecule has 1 amide bonds. The van der Waals surface area contributed by atoms with E-state index in [4.69, 9.17) is 4.74 Å². The summed E-state index contributed by atoms with van der Waals surface area (Å²) < 4.78 is 5.13. The summed E-state index contributed by atoms with van der Waals surface area (Å²) in [4.78, 5) is 19.8. The first-order chi connectivity index (χ1) is 11.8. The molecule has 5 heteroatoms. The van der Waals surface area contributed by atoms with Crippen LogP contribution in [0.3, 0.4) is 0 Å². The molecule has 0 saturated carbocycles. The van der Waals surface area contributed by atoms with Crippen LogP contribution in [0, 0.1) is 0 Å². The second kappa shape index (κ2) is 8.60. The molecule has 2 heterocycles. The SMILES string of the molecule is COCCCN1CCN([C@@H]2CCCN(c3ccccc3)C2=O)CC1. The van der Waals surface area contributed by atoms with Crippen molar-refractivity contribution in [3.05, 3.63) is 30.3 Å². The lowest BCUT2D eigenvalue weighted by molar-refractivity contribution is -0.126. The Hall–Kier alpha value is -1.43. The molecule has 0 N–H and O–H groups in total. The maximum atomic E-state index is 13.0. The van der Waals surface area contributed by atoms with Crippen LogP contribution >= 0.6 is 0 Å². The van der Waals surface area contributed by atoms with E-state index in [0.29, 0.717) is 0 Å². The topological polar surface area (TPSA) is 36.0 Å². The van der Waals surface area contributed by atoms with Gasteiger partial charge in [0, 0.05) is 58.7 Å². The van der Waals surface area contributed by atoms with Crippen molar-refractivity contribution in [3.8, 4) is 0 Å². The van der Waals surface area contributed by atoms with Crippen LogP contribution in [-0.2, 0) is 9.53 Å². The molecular weight excluding hydrogens is 302 g/mol. The summed E-state index contributed by atoms with van der Waals surface area (Å²) >= 11 is 0. The number of amides is 1. The van der Waals surface area contributed by atoms with Gasteiger partial charge >= 0.3 is 0 Å². The van der Waals surface area contributed by atoms with E-state index in [1.807, 2.05) is 35.2 Å². The normalized spacial score (nSPS) is 23.6. The molecule has 0 bridgehead atoms. The van der Waals surface area contributed by atoms with Crippen molar-refractivity contribution in [2.24, 2.45) is 0 Å². The average Bonchev–Trinajstić information content (AvgIpc) is 2.64. The molecule has 2 aliphatic rings. The van der Waals surface area contributed by atoms with Crippen molar-refractivity contribution in [3.63, 3.8) is 0 Å². The van der Waals surface area contributed by atoms with E-state index in [-0.39, 0.29) is 11.9 Å². The molecule has 1 aromatic carbocycles. The Morgan fingerprint density at radius 2 is 1.83 bits per heavy atom. The molecule has 5 nitrogen and oxygen atoms in total. The van der Waals surface area contributed by atoms with E-state index in [9.17, 15) is 4.79 Å². The van der Waals surface area contributed by atoms with Crippen LogP contribution in [-0.4, -0.2) is 74.7 Å². The van der Waals surface area contributed by atoms with Crippen molar-refractivity contribution in [2.45, 2.75) is 25.3 Å². The molecule has 0 spiro atoms. The van der Waals surface area contributed by atoms with Gasteiger partial charge in [-0.2, -0.15) is 0 Å². The van der Waals surface area contributed by atoms with Gasteiger partial charge in [0.05, 0.1) is 6.04 Å². The molecule has 24 heavy (non-hydrogen) atoms. The first-order valence-electron chi connectivity index (χ1n) is 9.11. The second-order valence-corrected chi connectivity index (χ2v) is 6.71. The summed E-state index contributed by atoms with van der Waals surface area (Å²) in [6.07, 6.45) is 3.16. The summed E-state index contributed by atoms with van der Waals surface area (Å²) in [5.41, 5.74) is 1.03. The Balaban J connectivity index is 1.54. The van der Waals surface area contributed by atoms with Crippen molar-refractivity contribution >= 4 is 11.6 Å². The van der Waals surface area contributed by atoms with Gasteiger partial charge in [0.1, 0.15) is 0 Å². The molecule has 0 radical (unpaired) electrons. The van der Waals surface area contributed by atoms with Crippen molar-refractivity contribution in [2.75, 3.05) is 57.9 Å². The van der Waals surface area contributed by atoms with Gasteiger partial charge in [-0.05, 0) is 31.4 Å². The standard InChI is InChI=1S/C19H29N3O2/c1-24-16-6-10-20-12-14-21(15-13-20)18-9-5-11-22(19(18)23)17-7-3-2-4-8-17/h2-4,7-8,18H,5-6,9-16H2,1H3/t18-/m1/s1. The molecule has 1 atom stereocenters. The summed E-state index contributed by atoms with van der Waals surface area (Å²) in [5, 5.41) is 0. The highest BCUT2D eigenvalue weighted by atomic mass is 16.5. The Labute approximate surface area is 145 Å². The van der Waals surface area contributed by atoms with Crippen LogP contribution in [0.25, 0.3) is 0 Å². The zero-order chi connectivity index (χ0) is 16.8. The van der Waals surface area contributed by atoms with Gasteiger partial charge < -0.3 is 14.5 Å². The Kier molecular flexibility index (Phi) is 6.24. The van der Waals surface area contributed by atoms with Crippen molar-refractivity contribution < 1.29 is 9.53 Å². The summed E-state index contributed by atoms with van der Waals surface area (Å²) in [6.45, 7) is 6.86. The van der Waals surface area contributed by atoms with Gasteiger partial charge in [-0.15, -0.1) is 0 Å². The van der Waals surface area contributed by atoms with Crippen LogP contribution in [0.5, 0.6) is 0 Å². The first kappa shape index (κ1) is 17.4. The molecule has 0 unspecified atom stereocenters. The molecule has 1 aromatic rings. The van der Waals surface area contributed by atoms with E-state index in [2.05, 4.69) is 9.80 Å². The maximum Gasteiger partial charge on any atom is 0.244 e. The van der Waals surface area contributed by atoms with Crippen LogP contribution < -0.4 is 4.90 Å². The van der Waals surface area contributed by atoms with Crippen LogP contribution in [0.2, 0.25) is 0 Å². The molecule has 2 fully saturated rings. The van der Waals surface area contributed by atoms with Gasteiger partial charge in [-0.25, -0.2) is 0 Å². The summed E-state index contributed by atoms with van der Waals surface area (Å²) in [6, 6.07) is 10.1. The van der Waals surface area contributed by atoms with Crippen LogP contribution in [0.15, 0.2) is 30.3 Å². The molecule has 3 rings (SSSR count). The van der Waals surface area contributed by atoms with Crippen molar-refractivity contribution in [1.82, 2.24) is 9.80 Å². The number of carbonyl (C=O) groups is 1. The number of nitrogens with zero attached hydrogens (tertiary/aromatic N) is 3. The molecule has 0 aromatic heterocycles. The Bertz CT molecular complexity index is 515. The van der Waals surface area contributed by atoms with Crippen LogP contribution in [0.4, 0.5) is 5.69 Å². The number of carbonyl (C=O) groups excluding carboxylic acids is 1. The first-order valence-corrected chi connectivity index (χ1v) is 9.11. The summed E-state index contributed by atoms with van der Waals surface area (Å²) in [7, 11) is 1.76. The second-order valence-electron chi connectivity index (χ2n) is 6.71. The lowest BCUT2D eigenvalue weighted by Gasteiger charge is -2.42. The van der Waals surface area contributed by atoms with Gasteiger partial charge in [0.2, 0.25) is 5.91 Å². The van der Waals surface area contributed by atoms with Gasteiger partial charge in [0.25, 0.3) is 0 Å². The highest BCUT2D eigenvalue weighted by Gasteiger charge is 2.35. The van der Waals surface area contributed by atoms with Crippen LogP contribution in [0.1, 0.15) is 19.3 Å². The Morgan fingerprint density at radius 3 is 2.54 bits per heavy atom. The number of piperidine rings is 1. The minimum Gasteiger partial charge on any atom is -0.385 e. The third kappa shape index (κ3) is 4.15. The minimum absolute atomic E-state index is 0.0556. The fourth-order valence-corrected chi connectivity index (χ4v) is 3.79. The number of piperazine rings is 1. The van der Waals surface area contributed by atoms with E-state index < -0.39 is 0 Å². The summed E-state index contributed by atoms with van der Waals surface area (Å²) in [5.74, 6) is 0.278. The fourth-order valence-electron chi connectivity index (χ4n) is 3.79. The van der Waals surface area contributed by atoms with E-state index >= 15 is 0 Å². The van der Waals surface area contributed by atoms with Gasteiger partial charge in [0.15, 0.2) is 0 Å². The lowest BCUT2D eigenvalue weighted by atomic mass is 10.0. The largest absolute Gasteiger partial charge is 0.385 e. The number of rotatable bonds is 6. The number of benzene rings is 1. The van der Waals surface area contributed by atoms with E-state index in [1.165, 1.54) is 0 Å². The molecule has 2 saturated heterocycles. The third-order valence-corrected chi connectivity index (χ3v) is 5.15. The van der Waals surface area contributed by atoms with E-state index in [1.54, 1.807) is 7.11 Å². The number of ether oxygens (including phenoxy) is 1. The predicted octanol–water partition coefficient (Wildman–Crippen LogP) is 1.84. The average molecular weight is 331 g/mol. The molecule has 2 aliphatic heterocycles. The number of hydrogen-bond acceptors (Lipinski definition) is 4. The van der Waals surface area contributed by atoms with E-state index in [0.717, 1.165) is 70.8 Å². The Morgan fingerprint density at radius 1 is 1.08 bits per heavy atom. The number of anilines is 1. The quantitative estimate of drug-likeness (QED) is 0.745. The molecule has 132 valence electrons. The number of methoxy groups -OCH3 is 1. The number of hydrogen-bond donors (Lipinski definition) is 0. The smallest absolute Gasteiger partial charge is 0.244 e. The van der Waals surface area contributed by atoms with Gasteiger partial charge in [-0.3, -0.25) is 9.69 Å². The molecule has 0 aliphatic carbocycles. The lowest BCUT2D eigenvalue weighted by Crippen LogP contribution is -2.57. The van der Waals surface area contributed by atoms with Gasteiger partial charge in [-0.1, -0.05) is 18.2 Å². The predicted molar refractivity (Wildman–Crippen MR) is 96.3 cm³/mol. The number of para-hydroxylation sites is 1. The highest BCUT2D eigenvalue weighted by molar-refractivity contribution is 5.97. The van der Waals surface area contributed by atoms with Crippen molar-refractivity contribution in [1.29, 1.82) is 0 Å². The monoisotopic (exact) mass is 331 g/mol. The highest BCUT2D eigenvalue weighted by Crippen LogP contribution is 2.24. The maximum absolute atomic E-state index is 13.0. The zero-order valence-corrected chi connectivity index (χ0v) is 14.7. The minimum atomic E-state index is 0.0556. The zero-order valence-electron chi connectivity index (χ0n) is 14.7.